The van der Waals surface area contributed by atoms with Crippen molar-refractivity contribution in [3.63, 3.8) is 0 Å². The van der Waals surface area contributed by atoms with Crippen LogP contribution < -0.4 is 10.0 Å². The monoisotopic (exact) mass is 448 g/mol. The van der Waals surface area contributed by atoms with Crippen molar-refractivity contribution in [1.29, 1.82) is 0 Å². The van der Waals surface area contributed by atoms with E-state index in [1.165, 1.54) is 6.42 Å². The van der Waals surface area contributed by atoms with Crippen LogP contribution in [0.3, 0.4) is 0 Å². The molecule has 1 atom stereocenters. The molecule has 1 fully saturated rings. The number of carbonyl (C=O) groups is 1. The SMILES string of the molecule is CC(NC(=O)CCc1ccc(S(=O)(=O)NC2CCCCC2)cc1)c1ccc(Cl)cc1. The lowest BCUT2D eigenvalue weighted by Gasteiger charge is -2.22. The number of aryl methyl sites for hydroxylation is 1. The maximum atomic E-state index is 12.6. The molecule has 0 aromatic heterocycles. The van der Waals surface area contributed by atoms with Gasteiger partial charge in [0.05, 0.1) is 10.9 Å². The first kappa shape index (κ1) is 22.8. The predicted octanol–water partition coefficient (Wildman–Crippen LogP) is 4.76. The number of amides is 1. The summed E-state index contributed by atoms with van der Waals surface area (Å²) in [7, 11) is -3.50. The van der Waals surface area contributed by atoms with Crippen LogP contribution in [0.4, 0.5) is 0 Å². The van der Waals surface area contributed by atoms with Gasteiger partial charge in [-0.15, -0.1) is 0 Å². The number of halogens is 1. The Kier molecular flexibility index (Phi) is 7.92. The van der Waals surface area contributed by atoms with Crippen LogP contribution in [0.15, 0.2) is 53.4 Å². The molecule has 1 saturated carbocycles. The van der Waals surface area contributed by atoms with Crippen LogP contribution in [-0.4, -0.2) is 20.4 Å². The lowest BCUT2D eigenvalue weighted by atomic mass is 9.96. The Hall–Kier alpha value is -1.89. The highest BCUT2D eigenvalue weighted by molar-refractivity contribution is 7.89. The molecule has 0 saturated heterocycles. The second-order valence-corrected chi connectivity index (χ2v) is 10.1. The molecule has 30 heavy (non-hydrogen) atoms. The van der Waals surface area contributed by atoms with Crippen LogP contribution in [0.5, 0.6) is 0 Å². The molecule has 0 radical (unpaired) electrons. The fourth-order valence-corrected chi connectivity index (χ4v) is 5.18. The van der Waals surface area contributed by atoms with Crippen molar-refractivity contribution >= 4 is 27.5 Å². The second kappa shape index (κ2) is 10.4. The Bertz CT molecular complexity index is 937. The van der Waals surface area contributed by atoms with Crippen LogP contribution in [0, 0.1) is 0 Å². The van der Waals surface area contributed by atoms with Gasteiger partial charge in [-0.05, 0) is 61.6 Å². The third-order valence-electron chi connectivity index (χ3n) is 5.55. The van der Waals surface area contributed by atoms with E-state index in [-0.39, 0.29) is 22.9 Å². The molecular weight excluding hydrogens is 420 g/mol. The minimum absolute atomic E-state index is 0.0368. The fraction of sp³-hybridized carbons (Fsp3) is 0.435. The molecule has 1 unspecified atom stereocenters. The normalized spacial score (nSPS) is 16.2. The predicted molar refractivity (Wildman–Crippen MR) is 120 cm³/mol. The van der Waals surface area contributed by atoms with Gasteiger partial charge in [0.25, 0.3) is 0 Å². The van der Waals surface area contributed by atoms with Gasteiger partial charge in [-0.1, -0.05) is 55.1 Å². The number of benzene rings is 2. The third-order valence-corrected chi connectivity index (χ3v) is 7.34. The van der Waals surface area contributed by atoms with Gasteiger partial charge in [-0.2, -0.15) is 0 Å². The summed E-state index contributed by atoms with van der Waals surface area (Å²) in [6, 6.07) is 14.1. The Morgan fingerprint density at radius 1 is 1.03 bits per heavy atom. The van der Waals surface area contributed by atoms with E-state index in [4.69, 9.17) is 11.6 Å². The molecule has 2 aromatic rings. The first-order chi connectivity index (χ1) is 14.3. The zero-order chi connectivity index (χ0) is 21.6. The highest BCUT2D eigenvalue weighted by Crippen LogP contribution is 2.20. The average Bonchev–Trinajstić information content (AvgIpc) is 2.73. The van der Waals surface area contributed by atoms with Gasteiger partial charge < -0.3 is 5.32 Å². The quantitative estimate of drug-likeness (QED) is 0.611. The number of carbonyl (C=O) groups excluding carboxylic acids is 1. The number of nitrogens with one attached hydrogen (secondary N) is 2. The van der Waals surface area contributed by atoms with Gasteiger partial charge in [0.15, 0.2) is 0 Å². The van der Waals surface area contributed by atoms with E-state index in [9.17, 15) is 13.2 Å². The molecule has 5 nitrogen and oxygen atoms in total. The molecule has 2 aromatic carbocycles. The zero-order valence-corrected chi connectivity index (χ0v) is 18.8. The number of hydrogen-bond acceptors (Lipinski definition) is 3. The standard InChI is InChI=1S/C23H29ClN2O3S/c1-17(19-10-12-20(24)13-11-19)25-23(27)16-9-18-7-14-22(15-8-18)30(28,29)26-21-5-3-2-4-6-21/h7-8,10-15,17,21,26H,2-6,9,16H2,1H3,(H,25,27). The van der Waals surface area contributed by atoms with E-state index < -0.39 is 10.0 Å². The second-order valence-electron chi connectivity index (χ2n) is 7.94. The first-order valence-electron chi connectivity index (χ1n) is 10.5. The van der Waals surface area contributed by atoms with Crippen LogP contribution in [0.25, 0.3) is 0 Å². The maximum Gasteiger partial charge on any atom is 0.240 e. The molecule has 1 aliphatic rings. The van der Waals surface area contributed by atoms with Crippen LogP contribution >= 0.6 is 11.6 Å². The Labute approximate surface area is 184 Å². The minimum Gasteiger partial charge on any atom is -0.350 e. The lowest BCUT2D eigenvalue weighted by molar-refractivity contribution is -0.121. The van der Waals surface area contributed by atoms with Gasteiger partial charge >= 0.3 is 0 Å². The summed E-state index contributed by atoms with van der Waals surface area (Å²) in [4.78, 5) is 12.5. The van der Waals surface area contributed by atoms with Gasteiger partial charge in [0.2, 0.25) is 15.9 Å². The topological polar surface area (TPSA) is 75.3 Å². The summed E-state index contributed by atoms with van der Waals surface area (Å²) in [6.07, 6.45) is 6.02. The van der Waals surface area contributed by atoms with Crippen molar-refractivity contribution in [2.24, 2.45) is 0 Å². The van der Waals surface area contributed by atoms with Crippen LogP contribution in [0.2, 0.25) is 5.02 Å². The summed E-state index contributed by atoms with van der Waals surface area (Å²) < 4.78 is 28.0. The molecule has 0 aliphatic heterocycles. The van der Waals surface area contributed by atoms with Crippen molar-refractivity contribution < 1.29 is 13.2 Å². The molecule has 162 valence electrons. The van der Waals surface area contributed by atoms with Crippen molar-refractivity contribution in [2.75, 3.05) is 0 Å². The average molecular weight is 449 g/mol. The Balaban J connectivity index is 1.50. The van der Waals surface area contributed by atoms with E-state index in [0.29, 0.717) is 17.9 Å². The molecule has 0 bridgehead atoms. The summed E-state index contributed by atoms with van der Waals surface area (Å²) in [5.41, 5.74) is 1.92. The largest absolute Gasteiger partial charge is 0.350 e. The first-order valence-corrected chi connectivity index (χ1v) is 12.4. The third kappa shape index (κ3) is 6.56. The van der Waals surface area contributed by atoms with Crippen molar-refractivity contribution in [3.05, 3.63) is 64.7 Å². The van der Waals surface area contributed by atoms with Crippen LogP contribution in [-0.2, 0) is 21.2 Å². The van der Waals surface area contributed by atoms with E-state index in [1.54, 1.807) is 36.4 Å². The molecular formula is C23H29ClN2O3S. The molecule has 2 N–H and O–H groups in total. The molecule has 0 heterocycles. The lowest BCUT2D eigenvalue weighted by Crippen LogP contribution is -2.36. The number of rotatable bonds is 8. The van der Waals surface area contributed by atoms with Gasteiger partial charge in [-0.3, -0.25) is 4.79 Å². The van der Waals surface area contributed by atoms with Crippen molar-refractivity contribution in [2.45, 2.75) is 68.8 Å². The Morgan fingerprint density at radius 2 is 1.67 bits per heavy atom. The summed E-state index contributed by atoms with van der Waals surface area (Å²) in [5.74, 6) is -0.0480. The molecule has 3 rings (SSSR count). The summed E-state index contributed by atoms with van der Waals surface area (Å²) in [5, 5.41) is 3.64. The van der Waals surface area contributed by atoms with E-state index >= 15 is 0 Å². The number of sulfonamides is 1. The van der Waals surface area contributed by atoms with E-state index in [0.717, 1.165) is 36.8 Å². The molecule has 1 amide bonds. The van der Waals surface area contributed by atoms with E-state index in [1.807, 2.05) is 19.1 Å². The van der Waals surface area contributed by atoms with Gasteiger partial charge in [-0.25, -0.2) is 13.1 Å². The maximum absolute atomic E-state index is 12.6. The van der Waals surface area contributed by atoms with Gasteiger partial charge in [0.1, 0.15) is 0 Å². The fourth-order valence-electron chi connectivity index (χ4n) is 3.75. The molecule has 7 heteroatoms. The molecule has 1 aliphatic carbocycles. The van der Waals surface area contributed by atoms with Gasteiger partial charge in [0, 0.05) is 17.5 Å². The van der Waals surface area contributed by atoms with Crippen molar-refractivity contribution in [3.8, 4) is 0 Å². The highest BCUT2D eigenvalue weighted by atomic mass is 35.5. The Morgan fingerprint density at radius 3 is 2.30 bits per heavy atom. The van der Waals surface area contributed by atoms with E-state index in [2.05, 4.69) is 10.0 Å². The summed E-state index contributed by atoms with van der Waals surface area (Å²) >= 11 is 5.90. The smallest absolute Gasteiger partial charge is 0.240 e. The number of hydrogen-bond donors (Lipinski definition) is 2. The summed E-state index contributed by atoms with van der Waals surface area (Å²) in [6.45, 7) is 1.93. The van der Waals surface area contributed by atoms with Crippen LogP contribution in [0.1, 0.15) is 62.6 Å². The van der Waals surface area contributed by atoms with Crippen molar-refractivity contribution in [1.82, 2.24) is 10.0 Å². The highest BCUT2D eigenvalue weighted by Gasteiger charge is 2.21. The zero-order valence-electron chi connectivity index (χ0n) is 17.2. The minimum atomic E-state index is -3.50. The molecule has 0 spiro atoms.